The lowest BCUT2D eigenvalue weighted by Gasteiger charge is -2.30. The standard InChI is InChI=1S/C40H47N11O7/c1-23(56-2)34(47-40(55)58-4)38(53)51-18-6-8-33(51)36-42-22-31(45-36)27-15-11-25(12-16-27)24-9-13-26(14-10-24)30-21-41-35(44-30)32-7-5-17-50(32)37(52)29(46-39(54)57-3)19-28-20-43-49-48-28/h9-16,20-23,29,32-34H,5-8,17-19H2,1-4H3,(H,41,44)(H,42,45)(H,46,54)(H,47,55)(H,43,48,49)/t23-,29+,32+,33+,34+/m1/s1. The van der Waals surface area contributed by atoms with E-state index >= 15 is 0 Å². The van der Waals surface area contributed by atoms with E-state index in [0.29, 0.717) is 30.4 Å². The smallest absolute Gasteiger partial charge is 0.407 e. The van der Waals surface area contributed by atoms with Gasteiger partial charge in [0.25, 0.3) is 0 Å². The lowest BCUT2D eigenvalue weighted by Crippen LogP contribution is -2.54. The van der Waals surface area contributed by atoms with Crippen molar-refractivity contribution in [1.82, 2.24) is 55.8 Å². The highest BCUT2D eigenvalue weighted by molar-refractivity contribution is 5.87. The first-order valence-corrected chi connectivity index (χ1v) is 19.2. The van der Waals surface area contributed by atoms with Crippen LogP contribution in [0.4, 0.5) is 9.59 Å². The molecule has 0 radical (unpaired) electrons. The predicted molar refractivity (Wildman–Crippen MR) is 210 cm³/mol. The number of H-pyrrole nitrogens is 3. The summed E-state index contributed by atoms with van der Waals surface area (Å²) in [7, 11) is 4.00. The number of aromatic nitrogens is 7. The molecule has 0 bridgehead atoms. The number of amides is 4. The quantitative estimate of drug-likeness (QED) is 0.113. The Hall–Kier alpha value is -6.56. The summed E-state index contributed by atoms with van der Waals surface area (Å²) in [5.41, 5.74) is 6.15. The summed E-state index contributed by atoms with van der Waals surface area (Å²) >= 11 is 0. The zero-order valence-corrected chi connectivity index (χ0v) is 32.7. The van der Waals surface area contributed by atoms with Gasteiger partial charge in [0, 0.05) is 26.6 Å². The second kappa shape index (κ2) is 17.7. The van der Waals surface area contributed by atoms with Gasteiger partial charge in [-0.3, -0.25) is 9.59 Å². The van der Waals surface area contributed by atoms with Crippen LogP contribution in [0, 0.1) is 0 Å². The zero-order chi connectivity index (χ0) is 40.8. The van der Waals surface area contributed by atoms with Crippen LogP contribution in [0.1, 0.15) is 62.0 Å². The molecule has 5 heterocycles. The van der Waals surface area contributed by atoms with Crippen LogP contribution < -0.4 is 10.6 Å². The van der Waals surface area contributed by atoms with Crippen LogP contribution in [0.25, 0.3) is 33.6 Å². The molecular weight excluding hydrogens is 747 g/mol. The second-order valence-corrected chi connectivity index (χ2v) is 14.3. The number of carbonyl (C=O) groups is 4. The molecule has 0 unspecified atom stereocenters. The summed E-state index contributed by atoms with van der Waals surface area (Å²) in [6.45, 7) is 2.79. The number of nitrogens with zero attached hydrogens (tertiary/aromatic N) is 6. The van der Waals surface area contributed by atoms with Crippen LogP contribution in [-0.2, 0) is 30.2 Å². The van der Waals surface area contributed by atoms with E-state index in [0.717, 1.165) is 59.3 Å². The average molecular weight is 794 g/mol. The van der Waals surface area contributed by atoms with Gasteiger partial charge in [0.05, 0.1) is 68.1 Å². The molecule has 4 amide bonds. The Labute approximate surface area is 334 Å². The molecule has 2 aliphatic rings. The molecule has 0 saturated carbocycles. The number of likely N-dealkylation sites (tertiary alicyclic amines) is 2. The Bertz CT molecular complexity index is 2190. The van der Waals surface area contributed by atoms with Crippen molar-refractivity contribution in [1.29, 1.82) is 0 Å². The average Bonchev–Trinajstić information content (AvgIpc) is 4.11. The van der Waals surface area contributed by atoms with Crippen molar-refractivity contribution in [2.75, 3.05) is 34.4 Å². The molecule has 2 aliphatic heterocycles. The lowest BCUT2D eigenvalue weighted by molar-refractivity contribution is -0.137. The molecule has 2 saturated heterocycles. The molecule has 0 spiro atoms. The minimum atomic E-state index is -0.902. The first kappa shape index (κ1) is 39.7. The molecule has 3 aromatic heterocycles. The Morgan fingerprint density at radius 2 is 1.22 bits per heavy atom. The fourth-order valence-corrected chi connectivity index (χ4v) is 7.63. The molecule has 5 N–H and O–H groups in total. The van der Waals surface area contributed by atoms with Crippen LogP contribution in [0.3, 0.4) is 0 Å². The maximum absolute atomic E-state index is 13.8. The highest BCUT2D eigenvalue weighted by Gasteiger charge is 2.39. The number of hydrogen-bond donors (Lipinski definition) is 5. The third kappa shape index (κ3) is 8.56. The number of hydrogen-bond acceptors (Lipinski definition) is 11. The molecule has 18 heteroatoms. The van der Waals surface area contributed by atoms with E-state index < -0.39 is 30.4 Å². The van der Waals surface area contributed by atoms with Crippen molar-refractivity contribution in [2.45, 2.75) is 69.3 Å². The third-order valence-electron chi connectivity index (χ3n) is 10.8. The summed E-state index contributed by atoms with van der Waals surface area (Å²) in [5.74, 6) is 0.853. The van der Waals surface area contributed by atoms with Gasteiger partial charge >= 0.3 is 12.2 Å². The number of carbonyl (C=O) groups excluding carboxylic acids is 4. The number of aromatic amines is 3. The number of imidazole rings is 2. The van der Waals surface area contributed by atoms with E-state index in [-0.39, 0.29) is 30.3 Å². The minimum absolute atomic E-state index is 0.161. The molecular formula is C40H47N11O7. The maximum atomic E-state index is 13.8. The molecule has 18 nitrogen and oxygen atoms in total. The first-order chi connectivity index (χ1) is 28.2. The number of nitrogens with one attached hydrogen (secondary N) is 5. The second-order valence-electron chi connectivity index (χ2n) is 14.3. The first-order valence-electron chi connectivity index (χ1n) is 19.2. The van der Waals surface area contributed by atoms with Crippen molar-refractivity contribution in [3.8, 4) is 33.6 Å². The van der Waals surface area contributed by atoms with Crippen LogP contribution >= 0.6 is 0 Å². The van der Waals surface area contributed by atoms with Gasteiger partial charge < -0.3 is 44.6 Å². The van der Waals surface area contributed by atoms with Crippen molar-refractivity contribution < 1.29 is 33.4 Å². The number of methoxy groups -OCH3 is 3. The normalized spacial score (nSPS) is 18.1. The van der Waals surface area contributed by atoms with Crippen molar-refractivity contribution in [2.24, 2.45) is 0 Å². The zero-order valence-electron chi connectivity index (χ0n) is 32.7. The number of benzene rings is 2. The Morgan fingerprint density at radius 3 is 1.71 bits per heavy atom. The molecule has 58 heavy (non-hydrogen) atoms. The van der Waals surface area contributed by atoms with Crippen molar-refractivity contribution in [3.05, 3.63) is 84.5 Å². The number of rotatable bonds is 13. The molecule has 5 aromatic rings. The van der Waals surface area contributed by atoms with Gasteiger partial charge in [-0.1, -0.05) is 48.5 Å². The SMILES string of the molecule is COC(=O)N[C@@H](Cc1cn[nH]n1)C(=O)N1CCC[C@H]1c1ncc(-c2ccc(-c3ccc(-c4cnc([C@@H]5CCCN5C(=O)[C@@H](NC(=O)OC)[C@@H](C)OC)[nH]4)cc3)cc2)[nH]1. The van der Waals surface area contributed by atoms with Crippen LogP contribution in [0.2, 0.25) is 0 Å². The topological polar surface area (TPSA) is 225 Å². The third-order valence-corrected chi connectivity index (χ3v) is 10.8. The van der Waals surface area contributed by atoms with E-state index in [4.69, 9.17) is 14.2 Å². The summed E-state index contributed by atoms with van der Waals surface area (Å²) in [6.07, 6.45) is 6.33. The van der Waals surface area contributed by atoms with Crippen molar-refractivity contribution >= 4 is 24.0 Å². The summed E-state index contributed by atoms with van der Waals surface area (Å²) in [6, 6.07) is 14.0. The van der Waals surface area contributed by atoms with Gasteiger partial charge in [-0.15, -0.1) is 0 Å². The molecule has 2 aromatic carbocycles. The van der Waals surface area contributed by atoms with E-state index in [1.165, 1.54) is 27.5 Å². The summed E-state index contributed by atoms with van der Waals surface area (Å²) in [5, 5.41) is 15.7. The fraction of sp³-hybridized carbons (Fsp3) is 0.400. The Morgan fingerprint density at radius 1 is 0.724 bits per heavy atom. The van der Waals surface area contributed by atoms with Gasteiger partial charge in [0.1, 0.15) is 23.7 Å². The number of alkyl carbamates (subject to hydrolysis) is 2. The summed E-state index contributed by atoms with van der Waals surface area (Å²) in [4.78, 5) is 71.1. The minimum Gasteiger partial charge on any atom is -0.453 e. The lowest BCUT2D eigenvalue weighted by atomic mass is 10.0. The van der Waals surface area contributed by atoms with E-state index in [2.05, 4.69) is 70.2 Å². The van der Waals surface area contributed by atoms with Gasteiger partial charge in [0.15, 0.2) is 0 Å². The van der Waals surface area contributed by atoms with Crippen LogP contribution in [-0.4, -0.2) is 122 Å². The van der Waals surface area contributed by atoms with Crippen LogP contribution in [0.15, 0.2) is 67.1 Å². The molecule has 0 aliphatic carbocycles. The molecule has 5 atom stereocenters. The molecule has 304 valence electrons. The number of ether oxygens (including phenoxy) is 3. The Balaban J connectivity index is 0.999. The van der Waals surface area contributed by atoms with E-state index in [1.54, 1.807) is 29.1 Å². The van der Waals surface area contributed by atoms with Gasteiger partial charge in [0.2, 0.25) is 11.8 Å². The van der Waals surface area contributed by atoms with E-state index in [9.17, 15) is 19.2 Å². The monoisotopic (exact) mass is 793 g/mol. The maximum Gasteiger partial charge on any atom is 0.407 e. The summed E-state index contributed by atoms with van der Waals surface area (Å²) < 4.78 is 14.9. The van der Waals surface area contributed by atoms with Crippen molar-refractivity contribution in [3.63, 3.8) is 0 Å². The molecule has 2 fully saturated rings. The van der Waals surface area contributed by atoms with E-state index in [1.807, 2.05) is 24.3 Å². The predicted octanol–water partition coefficient (Wildman–Crippen LogP) is 4.31. The largest absolute Gasteiger partial charge is 0.453 e. The Kier molecular flexibility index (Phi) is 12.1. The fourth-order valence-electron chi connectivity index (χ4n) is 7.63. The van der Waals surface area contributed by atoms with Crippen LogP contribution in [0.5, 0.6) is 0 Å². The highest BCUT2D eigenvalue weighted by Crippen LogP contribution is 2.35. The van der Waals surface area contributed by atoms with Gasteiger partial charge in [-0.05, 0) is 54.9 Å². The van der Waals surface area contributed by atoms with Gasteiger partial charge in [-0.25, -0.2) is 19.6 Å². The molecule has 7 rings (SSSR count). The van der Waals surface area contributed by atoms with Gasteiger partial charge in [-0.2, -0.15) is 15.4 Å². The highest BCUT2D eigenvalue weighted by atomic mass is 16.5.